The molecule has 328 valence electrons. The van der Waals surface area contributed by atoms with Crippen molar-refractivity contribution in [2.24, 2.45) is 11.5 Å². The lowest BCUT2D eigenvalue weighted by Gasteiger charge is -2.12. The number of furan rings is 2. The monoisotopic (exact) mass is 862 g/mol. The smallest absolute Gasteiger partial charge is 0.307 e. The molecule has 8 rings (SSSR count). The molecule has 0 aliphatic rings. The van der Waals surface area contributed by atoms with E-state index in [0.717, 1.165) is 55.3 Å². The molecule has 0 bridgehead atoms. The highest BCUT2D eigenvalue weighted by atomic mass is 16.5. The molecule has 64 heavy (non-hydrogen) atoms. The molecule has 0 radical (unpaired) electrons. The Kier molecular flexibility index (Phi) is 14.2. The standard InChI is InChI=1S/2C26H25NO5/c2*1-16(28)24-12-21-10-18(15-31-23-8-3-2-6-20(23)13-25(29)30)11-22(26(21)32-24)19-7-4-5-17(9-19)14-27/h2*2-12,16,28H,13-15,27H2,1H3,(H,29,30). The Labute approximate surface area is 369 Å². The van der Waals surface area contributed by atoms with Crippen molar-refractivity contribution in [2.75, 3.05) is 0 Å². The zero-order valence-electron chi connectivity index (χ0n) is 35.5. The molecule has 0 aliphatic carbocycles. The summed E-state index contributed by atoms with van der Waals surface area (Å²) < 4.78 is 24.0. The first-order chi connectivity index (χ1) is 30.9. The fourth-order valence-corrected chi connectivity index (χ4v) is 7.44. The average Bonchev–Trinajstić information content (AvgIpc) is 3.94. The van der Waals surface area contributed by atoms with Crippen molar-refractivity contribution in [3.63, 3.8) is 0 Å². The highest BCUT2D eigenvalue weighted by Gasteiger charge is 2.18. The van der Waals surface area contributed by atoms with Gasteiger partial charge in [0, 0.05) is 46.1 Å². The first-order valence-corrected chi connectivity index (χ1v) is 20.8. The van der Waals surface area contributed by atoms with Crippen LogP contribution < -0.4 is 20.9 Å². The van der Waals surface area contributed by atoms with Crippen molar-refractivity contribution in [1.82, 2.24) is 0 Å². The molecule has 0 spiro atoms. The normalized spacial score (nSPS) is 12.1. The van der Waals surface area contributed by atoms with Crippen molar-refractivity contribution in [1.29, 1.82) is 0 Å². The molecule has 2 aromatic heterocycles. The lowest BCUT2D eigenvalue weighted by molar-refractivity contribution is -0.137. The maximum absolute atomic E-state index is 11.2. The first-order valence-electron chi connectivity index (χ1n) is 20.8. The van der Waals surface area contributed by atoms with E-state index in [-0.39, 0.29) is 26.1 Å². The van der Waals surface area contributed by atoms with Crippen molar-refractivity contribution in [2.45, 2.75) is 65.2 Å². The van der Waals surface area contributed by atoms with Crippen LogP contribution in [0.25, 0.3) is 44.2 Å². The Morgan fingerprint density at radius 2 is 0.938 bits per heavy atom. The molecule has 8 aromatic rings. The summed E-state index contributed by atoms with van der Waals surface area (Å²) in [5, 5.41) is 40.0. The molecule has 0 amide bonds. The second-order valence-corrected chi connectivity index (χ2v) is 15.5. The Hall–Kier alpha value is -7.22. The second-order valence-electron chi connectivity index (χ2n) is 15.5. The number of hydrogen-bond acceptors (Lipinski definition) is 10. The first kappa shape index (κ1) is 44.8. The van der Waals surface area contributed by atoms with Gasteiger partial charge in [0.25, 0.3) is 0 Å². The number of carbonyl (C=O) groups is 2. The number of aliphatic hydroxyl groups excluding tert-OH is 2. The number of carboxylic acid groups (broad SMARTS) is 2. The van der Waals surface area contributed by atoms with E-state index in [1.165, 1.54) is 0 Å². The van der Waals surface area contributed by atoms with E-state index >= 15 is 0 Å². The van der Waals surface area contributed by atoms with E-state index in [4.69, 9.17) is 40.0 Å². The van der Waals surface area contributed by atoms with Crippen molar-refractivity contribution < 1.29 is 48.3 Å². The molecule has 0 aliphatic heterocycles. The van der Waals surface area contributed by atoms with Gasteiger partial charge in [-0.05, 0) is 108 Å². The minimum absolute atomic E-state index is 0.105. The third-order valence-electron chi connectivity index (χ3n) is 10.6. The van der Waals surface area contributed by atoms with Crippen LogP contribution in [-0.2, 0) is 48.7 Å². The maximum Gasteiger partial charge on any atom is 0.307 e. The van der Waals surface area contributed by atoms with Gasteiger partial charge < -0.3 is 50.2 Å². The predicted octanol–water partition coefficient (Wildman–Crippen LogP) is 9.64. The average molecular weight is 863 g/mol. The number of nitrogens with two attached hydrogens (primary N) is 2. The fourth-order valence-electron chi connectivity index (χ4n) is 7.44. The summed E-state index contributed by atoms with van der Waals surface area (Å²) in [6.07, 6.45) is -1.67. The van der Waals surface area contributed by atoms with E-state index in [9.17, 15) is 19.8 Å². The van der Waals surface area contributed by atoms with Crippen LogP contribution in [0.1, 0.15) is 71.0 Å². The number of aliphatic carboxylic acids is 2. The van der Waals surface area contributed by atoms with Crippen molar-refractivity contribution in [3.8, 4) is 33.8 Å². The molecule has 0 saturated heterocycles. The highest BCUT2D eigenvalue weighted by Crippen LogP contribution is 2.37. The van der Waals surface area contributed by atoms with E-state index in [1.807, 2.05) is 97.1 Å². The number of aliphatic hydroxyl groups is 2. The predicted molar refractivity (Wildman–Crippen MR) is 245 cm³/mol. The van der Waals surface area contributed by atoms with Gasteiger partial charge in [-0.1, -0.05) is 72.8 Å². The molecular weight excluding hydrogens is 813 g/mol. The number of hydrogen-bond donors (Lipinski definition) is 6. The molecule has 0 fully saturated rings. The maximum atomic E-state index is 11.2. The number of rotatable bonds is 16. The van der Waals surface area contributed by atoms with Gasteiger partial charge in [-0.3, -0.25) is 9.59 Å². The number of benzene rings is 6. The van der Waals surface area contributed by atoms with Gasteiger partial charge in [0.1, 0.15) is 59.6 Å². The summed E-state index contributed by atoms with van der Waals surface area (Å²) in [7, 11) is 0. The number of fused-ring (bicyclic) bond motifs is 2. The zero-order chi connectivity index (χ0) is 45.3. The van der Waals surface area contributed by atoms with Crippen LogP contribution in [0.4, 0.5) is 0 Å². The van der Waals surface area contributed by atoms with Crippen LogP contribution in [0.15, 0.2) is 142 Å². The summed E-state index contributed by atoms with van der Waals surface area (Å²) >= 11 is 0. The van der Waals surface area contributed by atoms with Crippen molar-refractivity contribution >= 4 is 33.9 Å². The quantitative estimate of drug-likeness (QED) is 0.0536. The van der Waals surface area contributed by atoms with Crippen LogP contribution in [0.3, 0.4) is 0 Å². The van der Waals surface area contributed by atoms with Gasteiger partial charge in [-0.25, -0.2) is 0 Å². The molecule has 8 N–H and O–H groups in total. The summed E-state index contributed by atoms with van der Waals surface area (Å²) in [6.45, 7) is 4.69. The van der Waals surface area contributed by atoms with Gasteiger partial charge in [0.2, 0.25) is 0 Å². The molecule has 2 atom stereocenters. The van der Waals surface area contributed by atoms with Crippen LogP contribution in [-0.4, -0.2) is 32.4 Å². The number of para-hydroxylation sites is 2. The summed E-state index contributed by atoms with van der Waals surface area (Å²) in [6, 6.07) is 41.7. The number of ether oxygens (including phenoxy) is 2. The van der Waals surface area contributed by atoms with Gasteiger partial charge in [-0.2, -0.15) is 0 Å². The molecule has 2 heterocycles. The second kappa shape index (κ2) is 20.3. The van der Waals surface area contributed by atoms with E-state index in [0.29, 0.717) is 58.4 Å². The Balaban J connectivity index is 0.000000191. The summed E-state index contributed by atoms with van der Waals surface area (Å²) in [5.41, 5.74) is 21.7. The SMILES string of the molecule is CC(O)c1cc2cc(COc3ccccc3CC(=O)O)cc(-c3cccc(CN)c3)c2o1.CC(O)c1cc2cc(COc3ccccc3CC(=O)O)cc(-c3cccc(CN)c3)c2o1. The largest absolute Gasteiger partial charge is 0.489 e. The van der Waals surface area contributed by atoms with E-state index < -0.39 is 24.1 Å². The molecule has 2 unspecified atom stereocenters. The van der Waals surface area contributed by atoms with Gasteiger partial charge >= 0.3 is 11.9 Å². The van der Waals surface area contributed by atoms with Crippen LogP contribution in [0.2, 0.25) is 0 Å². The lowest BCUT2D eigenvalue weighted by Crippen LogP contribution is -2.04. The minimum Gasteiger partial charge on any atom is -0.489 e. The molecular formula is C52H50N2O10. The number of carboxylic acids is 2. The third-order valence-corrected chi connectivity index (χ3v) is 10.6. The minimum atomic E-state index is -0.909. The summed E-state index contributed by atoms with van der Waals surface area (Å²) in [5.74, 6) is 0.237. The van der Waals surface area contributed by atoms with Gasteiger partial charge in [0.15, 0.2) is 0 Å². The molecule has 0 saturated carbocycles. The third kappa shape index (κ3) is 10.9. The Morgan fingerprint density at radius 1 is 0.531 bits per heavy atom. The van der Waals surface area contributed by atoms with Gasteiger partial charge in [0.05, 0.1) is 12.8 Å². The zero-order valence-corrected chi connectivity index (χ0v) is 35.5. The van der Waals surface area contributed by atoms with Crippen LogP contribution in [0, 0.1) is 0 Å². The van der Waals surface area contributed by atoms with E-state index in [2.05, 4.69) is 0 Å². The molecule has 6 aromatic carbocycles. The molecule has 12 nitrogen and oxygen atoms in total. The van der Waals surface area contributed by atoms with E-state index in [1.54, 1.807) is 50.2 Å². The summed E-state index contributed by atoms with van der Waals surface area (Å²) in [4.78, 5) is 22.3. The van der Waals surface area contributed by atoms with Crippen LogP contribution >= 0.6 is 0 Å². The Bertz CT molecular complexity index is 2710. The van der Waals surface area contributed by atoms with Gasteiger partial charge in [-0.15, -0.1) is 0 Å². The van der Waals surface area contributed by atoms with Crippen LogP contribution in [0.5, 0.6) is 11.5 Å². The van der Waals surface area contributed by atoms with Crippen molar-refractivity contribution in [3.05, 3.63) is 178 Å². The lowest BCUT2D eigenvalue weighted by atomic mass is 9.99. The highest BCUT2D eigenvalue weighted by molar-refractivity contribution is 5.95. The molecule has 12 heteroatoms. The fraction of sp³-hybridized carbons (Fsp3) is 0.192. The topological polar surface area (TPSA) is 212 Å². The Morgan fingerprint density at radius 3 is 1.31 bits per heavy atom.